The molecule has 2 aromatic carbocycles. The highest BCUT2D eigenvalue weighted by molar-refractivity contribution is 6.30. The Kier molecular flexibility index (Phi) is 3.57. The fourth-order valence-electron chi connectivity index (χ4n) is 1.24. The molecular weight excluding hydrogens is 220 g/mol. The fourth-order valence-corrected chi connectivity index (χ4v) is 1.37. The largest absolute Gasteiger partial charge is 0.279 e. The van der Waals surface area contributed by atoms with Crippen molar-refractivity contribution in [2.24, 2.45) is 5.10 Å². The minimum atomic E-state index is 0.730. The van der Waals surface area contributed by atoms with Crippen LogP contribution >= 0.6 is 11.6 Å². The van der Waals surface area contributed by atoms with Crippen LogP contribution < -0.4 is 5.43 Å². The molecule has 0 unspecified atom stereocenters. The zero-order valence-electron chi connectivity index (χ0n) is 8.60. The average Bonchev–Trinajstić information content (AvgIpc) is 2.33. The van der Waals surface area contributed by atoms with E-state index in [1.165, 1.54) is 0 Å². The molecule has 0 atom stereocenters. The summed E-state index contributed by atoms with van der Waals surface area (Å²) in [7, 11) is 0. The molecule has 0 aliphatic carbocycles. The fraction of sp³-hybridized carbons (Fsp3) is 0. The van der Waals surface area contributed by atoms with E-state index in [2.05, 4.69) is 10.5 Å². The summed E-state index contributed by atoms with van der Waals surface area (Å²) in [4.78, 5) is 0. The summed E-state index contributed by atoms with van der Waals surface area (Å²) in [6.45, 7) is 0. The van der Waals surface area contributed by atoms with Gasteiger partial charge in [-0.05, 0) is 29.8 Å². The van der Waals surface area contributed by atoms with Gasteiger partial charge in [0, 0.05) is 5.02 Å². The third-order valence-electron chi connectivity index (χ3n) is 2.05. The van der Waals surface area contributed by atoms with Crippen LogP contribution in [0.25, 0.3) is 0 Å². The number of benzene rings is 2. The summed E-state index contributed by atoms with van der Waals surface area (Å²) in [5.41, 5.74) is 4.92. The van der Waals surface area contributed by atoms with E-state index in [9.17, 15) is 0 Å². The van der Waals surface area contributed by atoms with Gasteiger partial charge in [0.05, 0.1) is 11.9 Å². The van der Waals surface area contributed by atoms with Gasteiger partial charge in [0.1, 0.15) is 0 Å². The van der Waals surface area contributed by atoms with Crippen molar-refractivity contribution < 1.29 is 0 Å². The summed E-state index contributed by atoms with van der Waals surface area (Å²) in [5, 5.41) is 4.85. The summed E-state index contributed by atoms with van der Waals surface area (Å²) < 4.78 is 0. The van der Waals surface area contributed by atoms with Crippen molar-refractivity contribution in [1.29, 1.82) is 0 Å². The zero-order valence-corrected chi connectivity index (χ0v) is 9.35. The van der Waals surface area contributed by atoms with E-state index in [1.54, 1.807) is 6.21 Å². The maximum absolute atomic E-state index is 5.78. The molecule has 0 aliphatic rings. The van der Waals surface area contributed by atoms with E-state index >= 15 is 0 Å². The quantitative estimate of drug-likeness (QED) is 0.630. The Morgan fingerprint density at radius 2 is 1.62 bits per heavy atom. The van der Waals surface area contributed by atoms with Crippen LogP contribution in [-0.4, -0.2) is 6.21 Å². The maximum atomic E-state index is 5.78. The lowest BCUT2D eigenvalue weighted by atomic mass is 10.2. The minimum absolute atomic E-state index is 0.730. The Bertz CT molecular complexity index is 463. The lowest BCUT2D eigenvalue weighted by Gasteiger charge is -1.98. The van der Waals surface area contributed by atoms with Crippen molar-refractivity contribution in [3.8, 4) is 0 Å². The number of halogens is 1. The number of nitrogens with zero attached hydrogens (tertiary/aromatic N) is 1. The average molecular weight is 231 g/mol. The van der Waals surface area contributed by atoms with Crippen molar-refractivity contribution >= 4 is 23.5 Å². The van der Waals surface area contributed by atoms with Crippen LogP contribution in [0, 0.1) is 0 Å². The van der Waals surface area contributed by atoms with Crippen molar-refractivity contribution in [3.63, 3.8) is 0 Å². The SMILES string of the molecule is Clc1ccc(/C=N\Nc2ccccc2)cc1. The van der Waals surface area contributed by atoms with E-state index in [-0.39, 0.29) is 0 Å². The van der Waals surface area contributed by atoms with E-state index in [4.69, 9.17) is 11.6 Å². The van der Waals surface area contributed by atoms with E-state index < -0.39 is 0 Å². The lowest BCUT2D eigenvalue weighted by Crippen LogP contribution is -1.89. The predicted octanol–water partition coefficient (Wildman–Crippen LogP) is 3.79. The van der Waals surface area contributed by atoms with Gasteiger partial charge in [0.2, 0.25) is 0 Å². The molecule has 0 aliphatic heterocycles. The number of rotatable bonds is 3. The number of nitrogens with one attached hydrogen (secondary N) is 1. The molecule has 0 fully saturated rings. The van der Waals surface area contributed by atoms with E-state index in [0.717, 1.165) is 16.3 Å². The Morgan fingerprint density at radius 3 is 2.31 bits per heavy atom. The summed E-state index contributed by atoms with van der Waals surface area (Å²) >= 11 is 5.78. The first-order chi connectivity index (χ1) is 7.84. The molecule has 1 N–H and O–H groups in total. The lowest BCUT2D eigenvalue weighted by molar-refractivity contribution is 1.35. The first-order valence-corrected chi connectivity index (χ1v) is 5.32. The Hall–Kier alpha value is -1.80. The molecule has 0 bridgehead atoms. The van der Waals surface area contributed by atoms with Crippen LogP contribution in [0.5, 0.6) is 0 Å². The highest BCUT2D eigenvalue weighted by Crippen LogP contribution is 2.08. The van der Waals surface area contributed by atoms with Gasteiger partial charge < -0.3 is 0 Å². The van der Waals surface area contributed by atoms with Crippen molar-refractivity contribution in [3.05, 3.63) is 65.2 Å². The molecule has 0 saturated carbocycles. The molecule has 0 spiro atoms. The van der Waals surface area contributed by atoms with E-state index in [1.807, 2.05) is 54.6 Å². The second-order valence-corrected chi connectivity index (χ2v) is 3.72. The molecule has 2 aromatic rings. The Morgan fingerprint density at radius 1 is 0.938 bits per heavy atom. The van der Waals surface area contributed by atoms with Gasteiger partial charge in [-0.1, -0.05) is 41.9 Å². The number of hydrazone groups is 1. The summed E-state index contributed by atoms with van der Waals surface area (Å²) in [5.74, 6) is 0. The first-order valence-electron chi connectivity index (χ1n) is 4.94. The minimum Gasteiger partial charge on any atom is -0.279 e. The second kappa shape index (κ2) is 5.33. The van der Waals surface area contributed by atoms with Gasteiger partial charge in [-0.2, -0.15) is 5.10 Å². The third kappa shape index (κ3) is 3.11. The molecule has 3 heteroatoms. The number of hydrogen-bond acceptors (Lipinski definition) is 2. The van der Waals surface area contributed by atoms with Gasteiger partial charge in [-0.3, -0.25) is 5.43 Å². The molecular formula is C13H11ClN2. The van der Waals surface area contributed by atoms with Crippen LogP contribution in [0.3, 0.4) is 0 Å². The molecule has 2 rings (SSSR count). The molecule has 0 saturated heterocycles. The van der Waals surface area contributed by atoms with Crippen LogP contribution in [0.1, 0.15) is 5.56 Å². The monoisotopic (exact) mass is 230 g/mol. The van der Waals surface area contributed by atoms with Crippen LogP contribution in [0.4, 0.5) is 5.69 Å². The van der Waals surface area contributed by atoms with Crippen molar-refractivity contribution in [2.75, 3.05) is 5.43 Å². The van der Waals surface area contributed by atoms with Crippen molar-refractivity contribution in [2.45, 2.75) is 0 Å². The highest BCUT2D eigenvalue weighted by atomic mass is 35.5. The molecule has 2 nitrogen and oxygen atoms in total. The number of para-hydroxylation sites is 1. The van der Waals surface area contributed by atoms with Crippen LogP contribution in [0.2, 0.25) is 5.02 Å². The predicted molar refractivity (Wildman–Crippen MR) is 69.1 cm³/mol. The topological polar surface area (TPSA) is 24.4 Å². The summed E-state index contributed by atoms with van der Waals surface area (Å²) in [6, 6.07) is 17.3. The van der Waals surface area contributed by atoms with Gasteiger partial charge in [0.15, 0.2) is 0 Å². The van der Waals surface area contributed by atoms with Gasteiger partial charge in [-0.15, -0.1) is 0 Å². The Labute approximate surface area is 99.6 Å². The summed E-state index contributed by atoms with van der Waals surface area (Å²) in [6.07, 6.45) is 1.75. The zero-order chi connectivity index (χ0) is 11.2. The number of anilines is 1. The first kappa shape index (κ1) is 10.7. The van der Waals surface area contributed by atoms with Crippen molar-refractivity contribution in [1.82, 2.24) is 0 Å². The molecule has 0 radical (unpaired) electrons. The third-order valence-corrected chi connectivity index (χ3v) is 2.30. The molecule has 80 valence electrons. The molecule has 0 amide bonds. The highest BCUT2D eigenvalue weighted by Gasteiger charge is 1.88. The smallest absolute Gasteiger partial charge is 0.0561 e. The molecule has 16 heavy (non-hydrogen) atoms. The molecule has 0 heterocycles. The maximum Gasteiger partial charge on any atom is 0.0561 e. The van der Waals surface area contributed by atoms with Gasteiger partial charge in [0.25, 0.3) is 0 Å². The number of hydrogen-bond donors (Lipinski definition) is 1. The Balaban J connectivity index is 1.98. The van der Waals surface area contributed by atoms with Crippen LogP contribution in [-0.2, 0) is 0 Å². The van der Waals surface area contributed by atoms with E-state index in [0.29, 0.717) is 0 Å². The second-order valence-electron chi connectivity index (χ2n) is 3.29. The van der Waals surface area contributed by atoms with Gasteiger partial charge >= 0.3 is 0 Å². The molecule has 0 aromatic heterocycles. The van der Waals surface area contributed by atoms with Crippen LogP contribution in [0.15, 0.2) is 59.7 Å². The normalized spacial score (nSPS) is 10.6. The van der Waals surface area contributed by atoms with Gasteiger partial charge in [-0.25, -0.2) is 0 Å². The standard InChI is InChI=1S/C13H11ClN2/c14-12-8-6-11(7-9-12)10-15-16-13-4-2-1-3-5-13/h1-10,16H/b15-10-.